The summed E-state index contributed by atoms with van der Waals surface area (Å²) in [6.45, 7) is 10.5. The fourth-order valence-electron chi connectivity index (χ4n) is 2.26. The molecule has 2 nitrogen and oxygen atoms in total. The zero-order valence-corrected chi connectivity index (χ0v) is 11.4. The van der Waals surface area contributed by atoms with Crippen molar-refractivity contribution in [1.82, 2.24) is 0 Å². The highest BCUT2D eigenvalue weighted by atomic mass is 16.4. The van der Waals surface area contributed by atoms with Gasteiger partial charge in [0.15, 0.2) is 0 Å². The highest BCUT2D eigenvalue weighted by Gasteiger charge is 2.16. The van der Waals surface area contributed by atoms with Gasteiger partial charge in [-0.1, -0.05) is 45.4 Å². The van der Waals surface area contributed by atoms with Crippen LogP contribution in [-0.2, 0) is 11.2 Å². The standard InChI is InChI=1S/C15H22O2/c1-9(2)12-6-11(5)7-13(10(3)4)14(12)8-15(16)17/h6-7,9-10H,8H2,1-5H3,(H,16,17). The van der Waals surface area contributed by atoms with Crippen LogP contribution in [0.2, 0.25) is 0 Å². The Morgan fingerprint density at radius 1 is 1.12 bits per heavy atom. The second-order valence-electron chi connectivity index (χ2n) is 5.30. The molecule has 0 aliphatic rings. The molecule has 0 saturated heterocycles. The summed E-state index contributed by atoms with van der Waals surface area (Å²) in [5.74, 6) is -0.0267. The van der Waals surface area contributed by atoms with Gasteiger partial charge in [0, 0.05) is 0 Å². The molecule has 1 aromatic carbocycles. The van der Waals surface area contributed by atoms with Crippen LogP contribution in [0.15, 0.2) is 12.1 Å². The second-order valence-corrected chi connectivity index (χ2v) is 5.30. The maximum Gasteiger partial charge on any atom is 0.307 e. The first kappa shape index (κ1) is 13.8. The molecule has 0 aliphatic carbocycles. The van der Waals surface area contributed by atoms with Gasteiger partial charge >= 0.3 is 5.97 Å². The van der Waals surface area contributed by atoms with E-state index in [4.69, 9.17) is 5.11 Å². The van der Waals surface area contributed by atoms with Crippen LogP contribution in [0.25, 0.3) is 0 Å². The molecular weight excluding hydrogens is 212 g/mol. The summed E-state index contributed by atoms with van der Waals surface area (Å²) >= 11 is 0. The van der Waals surface area contributed by atoms with Crippen LogP contribution in [0.3, 0.4) is 0 Å². The molecule has 0 atom stereocenters. The summed E-state index contributed by atoms with van der Waals surface area (Å²) in [6, 6.07) is 4.24. The fraction of sp³-hybridized carbons (Fsp3) is 0.533. The Labute approximate surface area is 104 Å². The lowest BCUT2D eigenvalue weighted by molar-refractivity contribution is -0.136. The molecule has 2 heteroatoms. The van der Waals surface area contributed by atoms with Crippen molar-refractivity contribution in [2.24, 2.45) is 0 Å². The van der Waals surface area contributed by atoms with E-state index in [-0.39, 0.29) is 6.42 Å². The number of aliphatic carboxylic acids is 1. The first-order chi connectivity index (χ1) is 7.82. The SMILES string of the molecule is Cc1cc(C(C)C)c(CC(=O)O)c(C(C)C)c1. The topological polar surface area (TPSA) is 37.3 Å². The first-order valence-corrected chi connectivity index (χ1v) is 6.18. The van der Waals surface area contributed by atoms with Gasteiger partial charge < -0.3 is 5.11 Å². The number of rotatable bonds is 4. The second kappa shape index (κ2) is 5.35. The molecule has 1 N–H and O–H groups in total. The highest BCUT2D eigenvalue weighted by molar-refractivity contribution is 5.72. The number of hydrogen-bond donors (Lipinski definition) is 1. The molecule has 0 unspecified atom stereocenters. The number of aryl methyl sites for hydroxylation is 1. The van der Waals surface area contributed by atoms with Crippen molar-refractivity contribution in [3.8, 4) is 0 Å². The average Bonchev–Trinajstić information content (AvgIpc) is 2.18. The Morgan fingerprint density at radius 3 is 1.82 bits per heavy atom. The fourth-order valence-corrected chi connectivity index (χ4v) is 2.26. The van der Waals surface area contributed by atoms with Crippen molar-refractivity contribution in [3.05, 3.63) is 34.4 Å². The van der Waals surface area contributed by atoms with Crippen molar-refractivity contribution in [2.75, 3.05) is 0 Å². The minimum absolute atomic E-state index is 0.126. The third-order valence-corrected chi connectivity index (χ3v) is 3.04. The average molecular weight is 234 g/mol. The molecule has 0 aliphatic heterocycles. The summed E-state index contributed by atoms with van der Waals surface area (Å²) in [5, 5.41) is 9.05. The van der Waals surface area contributed by atoms with E-state index in [1.165, 1.54) is 16.7 Å². The maximum atomic E-state index is 11.0. The summed E-state index contributed by atoms with van der Waals surface area (Å²) in [4.78, 5) is 11.0. The summed E-state index contributed by atoms with van der Waals surface area (Å²) < 4.78 is 0. The molecule has 0 radical (unpaired) electrons. The highest BCUT2D eigenvalue weighted by Crippen LogP contribution is 2.29. The Hall–Kier alpha value is -1.31. The van der Waals surface area contributed by atoms with E-state index >= 15 is 0 Å². The zero-order valence-electron chi connectivity index (χ0n) is 11.4. The number of carboxylic acids is 1. The Kier molecular flexibility index (Phi) is 4.33. The molecule has 0 aromatic heterocycles. The number of carbonyl (C=O) groups is 1. The molecule has 1 rings (SSSR count). The van der Waals surface area contributed by atoms with Gasteiger partial charge in [0.25, 0.3) is 0 Å². The van der Waals surface area contributed by atoms with Gasteiger partial charge in [0.2, 0.25) is 0 Å². The van der Waals surface area contributed by atoms with Crippen molar-refractivity contribution < 1.29 is 9.90 Å². The van der Waals surface area contributed by atoms with Crippen LogP contribution in [0.5, 0.6) is 0 Å². The van der Waals surface area contributed by atoms with Crippen LogP contribution < -0.4 is 0 Å². The minimum Gasteiger partial charge on any atom is -0.481 e. The molecule has 0 saturated carbocycles. The van der Waals surface area contributed by atoms with E-state index in [0.29, 0.717) is 11.8 Å². The normalized spacial score (nSPS) is 11.2. The van der Waals surface area contributed by atoms with E-state index in [0.717, 1.165) is 5.56 Å². The molecule has 0 heterocycles. The maximum absolute atomic E-state index is 11.0. The van der Waals surface area contributed by atoms with Crippen LogP contribution >= 0.6 is 0 Å². The molecule has 94 valence electrons. The lowest BCUT2D eigenvalue weighted by atomic mass is 9.85. The Morgan fingerprint density at radius 2 is 1.53 bits per heavy atom. The van der Waals surface area contributed by atoms with E-state index < -0.39 is 5.97 Å². The van der Waals surface area contributed by atoms with E-state index in [2.05, 4.69) is 46.8 Å². The summed E-state index contributed by atoms with van der Waals surface area (Å²) in [5.41, 5.74) is 4.58. The molecule has 0 amide bonds. The number of hydrogen-bond acceptors (Lipinski definition) is 1. The largest absolute Gasteiger partial charge is 0.481 e. The number of benzene rings is 1. The molecule has 0 spiro atoms. The number of carboxylic acid groups (broad SMARTS) is 1. The van der Waals surface area contributed by atoms with Crippen molar-refractivity contribution in [1.29, 1.82) is 0 Å². The van der Waals surface area contributed by atoms with E-state index in [1.54, 1.807) is 0 Å². The van der Waals surface area contributed by atoms with Crippen LogP contribution in [0.1, 0.15) is 61.8 Å². The van der Waals surface area contributed by atoms with Crippen molar-refractivity contribution in [3.63, 3.8) is 0 Å². The summed E-state index contributed by atoms with van der Waals surface area (Å²) in [6.07, 6.45) is 0.126. The van der Waals surface area contributed by atoms with Crippen LogP contribution in [-0.4, -0.2) is 11.1 Å². The summed E-state index contributed by atoms with van der Waals surface area (Å²) in [7, 11) is 0. The van der Waals surface area contributed by atoms with Gasteiger partial charge in [-0.25, -0.2) is 0 Å². The Bertz CT molecular complexity index is 388. The Balaban J connectivity index is 3.41. The van der Waals surface area contributed by atoms with E-state index in [1.807, 2.05) is 0 Å². The lowest BCUT2D eigenvalue weighted by Crippen LogP contribution is -2.10. The zero-order chi connectivity index (χ0) is 13.2. The van der Waals surface area contributed by atoms with Crippen molar-refractivity contribution in [2.45, 2.75) is 52.9 Å². The van der Waals surface area contributed by atoms with Gasteiger partial charge in [-0.15, -0.1) is 0 Å². The molecule has 1 aromatic rings. The predicted molar refractivity (Wildman–Crippen MR) is 70.7 cm³/mol. The first-order valence-electron chi connectivity index (χ1n) is 6.18. The van der Waals surface area contributed by atoms with Gasteiger partial charge in [-0.05, 0) is 35.4 Å². The van der Waals surface area contributed by atoms with E-state index in [9.17, 15) is 4.79 Å². The lowest BCUT2D eigenvalue weighted by Gasteiger charge is -2.19. The van der Waals surface area contributed by atoms with Gasteiger partial charge in [0.1, 0.15) is 0 Å². The smallest absolute Gasteiger partial charge is 0.307 e. The predicted octanol–water partition coefficient (Wildman–Crippen LogP) is 3.87. The molecular formula is C15H22O2. The molecule has 17 heavy (non-hydrogen) atoms. The minimum atomic E-state index is -0.752. The third kappa shape index (κ3) is 3.32. The van der Waals surface area contributed by atoms with Crippen molar-refractivity contribution >= 4 is 5.97 Å². The monoisotopic (exact) mass is 234 g/mol. The molecule has 0 fully saturated rings. The van der Waals surface area contributed by atoms with Gasteiger partial charge in [-0.3, -0.25) is 4.79 Å². The third-order valence-electron chi connectivity index (χ3n) is 3.04. The van der Waals surface area contributed by atoms with Gasteiger partial charge in [0.05, 0.1) is 6.42 Å². The molecule has 0 bridgehead atoms. The van der Waals surface area contributed by atoms with Gasteiger partial charge in [-0.2, -0.15) is 0 Å². The van der Waals surface area contributed by atoms with Crippen LogP contribution in [0, 0.1) is 6.92 Å². The quantitative estimate of drug-likeness (QED) is 0.858. The van der Waals surface area contributed by atoms with Crippen LogP contribution in [0.4, 0.5) is 0 Å².